The Morgan fingerprint density at radius 2 is 2.06 bits per heavy atom. The van der Waals surface area contributed by atoms with E-state index in [1.165, 1.54) is 0 Å². The Balaban J connectivity index is 1.56. The Labute approximate surface area is 203 Å². The van der Waals surface area contributed by atoms with Crippen LogP contribution in [0.4, 0.5) is 11.8 Å². The van der Waals surface area contributed by atoms with Gasteiger partial charge in [-0.05, 0) is 68.0 Å². The van der Waals surface area contributed by atoms with Crippen LogP contribution in [0.15, 0.2) is 47.0 Å². The van der Waals surface area contributed by atoms with E-state index in [0.29, 0.717) is 17.5 Å². The molecule has 1 aliphatic heterocycles. The number of rotatable bonds is 6. The number of anilines is 2. The Morgan fingerprint density at radius 1 is 1.18 bits per heavy atom. The summed E-state index contributed by atoms with van der Waals surface area (Å²) in [5.41, 5.74) is 4.80. The first-order valence-electron chi connectivity index (χ1n) is 11.6. The van der Waals surface area contributed by atoms with E-state index in [0.717, 1.165) is 70.8 Å². The fourth-order valence-corrected chi connectivity index (χ4v) is 4.88. The summed E-state index contributed by atoms with van der Waals surface area (Å²) in [6.07, 6.45) is 2.05. The first-order chi connectivity index (χ1) is 16.5. The minimum atomic E-state index is 0.185. The molecule has 5 rings (SSSR count). The summed E-state index contributed by atoms with van der Waals surface area (Å²) >= 11 is 6.19. The molecule has 176 valence electrons. The van der Waals surface area contributed by atoms with Crippen LogP contribution in [-0.2, 0) is 6.54 Å². The van der Waals surface area contributed by atoms with E-state index in [1.807, 2.05) is 44.2 Å². The smallest absolute Gasteiger partial charge is 0.227 e. The number of fused-ring (bicyclic) bond motifs is 1. The van der Waals surface area contributed by atoms with Gasteiger partial charge in [-0.1, -0.05) is 35.0 Å². The van der Waals surface area contributed by atoms with E-state index in [2.05, 4.69) is 27.5 Å². The zero-order chi connectivity index (χ0) is 23.7. The van der Waals surface area contributed by atoms with E-state index in [-0.39, 0.29) is 12.5 Å². The van der Waals surface area contributed by atoms with E-state index in [4.69, 9.17) is 26.1 Å². The average molecular weight is 478 g/mol. The summed E-state index contributed by atoms with van der Waals surface area (Å²) in [6, 6.07) is 14.0. The van der Waals surface area contributed by atoms with Gasteiger partial charge in [0.05, 0.1) is 11.2 Å². The quantitative estimate of drug-likeness (QED) is 0.385. The minimum absolute atomic E-state index is 0.185. The van der Waals surface area contributed by atoms with Gasteiger partial charge in [-0.2, -0.15) is 4.98 Å². The van der Waals surface area contributed by atoms with E-state index in [1.54, 1.807) is 0 Å². The highest BCUT2D eigenvalue weighted by atomic mass is 35.5. The highest BCUT2D eigenvalue weighted by Crippen LogP contribution is 2.33. The topological polar surface area (TPSA) is 87.3 Å². The van der Waals surface area contributed by atoms with Crippen LogP contribution in [0, 0.1) is 19.8 Å². The number of nitrogens with one attached hydrogen (secondary N) is 1. The van der Waals surface area contributed by atoms with Crippen LogP contribution >= 0.6 is 11.6 Å². The summed E-state index contributed by atoms with van der Waals surface area (Å²) in [7, 11) is 0. The van der Waals surface area contributed by atoms with Crippen molar-refractivity contribution in [3.05, 3.63) is 64.5 Å². The van der Waals surface area contributed by atoms with Gasteiger partial charge >= 0.3 is 0 Å². The molecule has 2 aromatic heterocycles. The van der Waals surface area contributed by atoms with E-state index in [9.17, 15) is 5.11 Å². The van der Waals surface area contributed by atoms with Crippen molar-refractivity contribution >= 4 is 34.3 Å². The lowest BCUT2D eigenvalue weighted by Crippen LogP contribution is -2.38. The molecular formula is C26H28ClN5O2. The predicted molar refractivity (Wildman–Crippen MR) is 135 cm³/mol. The van der Waals surface area contributed by atoms with Gasteiger partial charge in [0.15, 0.2) is 0 Å². The number of piperidine rings is 1. The molecule has 0 aliphatic carbocycles. The second kappa shape index (κ2) is 9.60. The number of hydrogen-bond acceptors (Lipinski definition) is 7. The van der Waals surface area contributed by atoms with Crippen LogP contribution in [0.3, 0.4) is 0 Å². The monoisotopic (exact) mass is 477 g/mol. The summed E-state index contributed by atoms with van der Waals surface area (Å²) in [6.45, 7) is 6.28. The molecule has 34 heavy (non-hydrogen) atoms. The Morgan fingerprint density at radius 3 is 2.82 bits per heavy atom. The SMILES string of the molecule is Cc1noc(C)c1-c1ccc2nc(N3CCCC(CO)C3)nc(NCc3cccc(Cl)c3)c2c1. The van der Waals surface area contributed by atoms with Crippen LogP contribution in [0.5, 0.6) is 0 Å². The summed E-state index contributed by atoms with van der Waals surface area (Å²) in [5, 5.41) is 18.9. The number of aromatic nitrogens is 3. The molecule has 1 aliphatic rings. The number of aliphatic hydroxyl groups excluding tert-OH is 1. The number of benzene rings is 2. The lowest BCUT2D eigenvalue weighted by molar-refractivity contribution is 0.208. The fraction of sp³-hybridized carbons (Fsp3) is 0.346. The Hall–Kier alpha value is -3.16. The van der Waals surface area contributed by atoms with Crippen LogP contribution in [0.1, 0.15) is 29.9 Å². The zero-order valence-electron chi connectivity index (χ0n) is 19.4. The van der Waals surface area contributed by atoms with Crippen molar-refractivity contribution in [1.29, 1.82) is 0 Å². The predicted octanol–water partition coefficient (Wildman–Crippen LogP) is 5.38. The maximum Gasteiger partial charge on any atom is 0.227 e. The van der Waals surface area contributed by atoms with Crippen LogP contribution < -0.4 is 10.2 Å². The third-order valence-electron chi connectivity index (χ3n) is 6.41. The summed E-state index contributed by atoms with van der Waals surface area (Å²) in [4.78, 5) is 12.0. The Bertz CT molecular complexity index is 1300. The summed E-state index contributed by atoms with van der Waals surface area (Å²) in [5.74, 6) is 2.48. The minimum Gasteiger partial charge on any atom is -0.396 e. The van der Waals surface area contributed by atoms with Crippen molar-refractivity contribution in [3.8, 4) is 11.1 Å². The largest absolute Gasteiger partial charge is 0.396 e. The lowest BCUT2D eigenvalue weighted by atomic mass is 9.99. The molecule has 1 atom stereocenters. The number of halogens is 1. The molecule has 8 heteroatoms. The van der Waals surface area contributed by atoms with Gasteiger partial charge in [-0.3, -0.25) is 0 Å². The van der Waals surface area contributed by atoms with E-state index < -0.39 is 0 Å². The molecule has 4 aromatic rings. The second-order valence-electron chi connectivity index (χ2n) is 8.92. The second-order valence-corrected chi connectivity index (χ2v) is 9.36. The van der Waals surface area contributed by atoms with Gasteiger partial charge in [0.1, 0.15) is 11.6 Å². The van der Waals surface area contributed by atoms with Crippen molar-refractivity contribution in [2.45, 2.75) is 33.2 Å². The number of nitrogens with zero attached hydrogens (tertiary/aromatic N) is 4. The maximum absolute atomic E-state index is 9.68. The highest BCUT2D eigenvalue weighted by Gasteiger charge is 2.23. The molecule has 3 heterocycles. The number of aliphatic hydroxyl groups is 1. The molecule has 0 saturated carbocycles. The molecule has 0 radical (unpaired) electrons. The zero-order valence-corrected chi connectivity index (χ0v) is 20.1. The van der Waals surface area contributed by atoms with Crippen LogP contribution in [0.2, 0.25) is 5.02 Å². The van der Waals surface area contributed by atoms with Gasteiger partial charge in [0.25, 0.3) is 0 Å². The van der Waals surface area contributed by atoms with Gasteiger partial charge < -0.3 is 19.8 Å². The number of hydrogen-bond donors (Lipinski definition) is 2. The third-order valence-corrected chi connectivity index (χ3v) is 6.65. The highest BCUT2D eigenvalue weighted by molar-refractivity contribution is 6.30. The molecule has 0 spiro atoms. The third kappa shape index (κ3) is 4.58. The normalized spacial score (nSPS) is 16.2. The Kier molecular flexibility index (Phi) is 6.39. The van der Waals surface area contributed by atoms with Crippen molar-refractivity contribution in [1.82, 2.24) is 15.1 Å². The summed E-state index contributed by atoms with van der Waals surface area (Å²) < 4.78 is 5.39. The van der Waals surface area contributed by atoms with Gasteiger partial charge in [0.2, 0.25) is 5.95 Å². The molecule has 1 unspecified atom stereocenters. The van der Waals surface area contributed by atoms with Crippen molar-refractivity contribution in [2.75, 3.05) is 29.9 Å². The van der Waals surface area contributed by atoms with Gasteiger partial charge in [-0.15, -0.1) is 0 Å². The molecule has 1 fully saturated rings. The van der Waals surface area contributed by atoms with Crippen LogP contribution in [0.25, 0.3) is 22.0 Å². The molecule has 7 nitrogen and oxygen atoms in total. The fourth-order valence-electron chi connectivity index (χ4n) is 4.67. The van der Waals surface area contributed by atoms with Crippen molar-refractivity contribution < 1.29 is 9.63 Å². The first-order valence-corrected chi connectivity index (χ1v) is 12.0. The molecule has 2 aromatic carbocycles. The molecule has 1 saturated heterocycles. The molecule has 2 N–H and O–H groups in total. The average Bonchev–Trinajstić information content (AvgIpc) is 3.19. The molecule has 0 bridgehead atoms. The standard InChI is InChI=1S/C26H28ClN5O2/c1-16-24(17(2)34-31-16)20-8-9-23-22(12-20)25(28-13-18-5-3-7-21(27)11-18)30-26(29-23)32-10-4-6-19(14-32)15-33/h3,5,7-9,11-12,19,33H,4,6,10,13-15H2,1-2H3,(H,28,29,30). The first kappa shape index (κ1) is 22.6. The van der Waals surface area contributed by atoms with Crippen molar-refractivity contribution in [2.24, 2.45) is 5.92 Å². The van der Waals surface area contributed by atoms with Gasteiger partial charge in [0, 0.05) is 42.2 Å². The molecule has 0 amide bonds. The number of aryl methyl sites for hydroxylation is 2. The lowest BCUT2D eigenvalue weighted by Gasteiger charge is -2.32. The van der Waals surface area contributed by atoms with Gasteiger partial charge in [-0.25, -0.2) is 4.98 Å². The van der Waals surface area contributed by atoms with E-state index >= 15 is 0 Å². The maximum atomic E-state index is 9.68. The van der Waals surface area contributed by atoms with Crippen molar-refractivity contribution in [3.63, 3.8) is 0 Å². The molecular weight excluding hydrogens is 450 g/mol. The van der Waals surface area contributed by atoms with Crippen LogP contribution in [-0.4, -0.2) is 39.9 Å².